The number of carbonyl (C=O) groups excluding carboxylic acids is 2. The van der Waals surface area contributed by atoms with Crippen LogP contribution in [0.4, 0.5) is 9.93 Å². The van der Waals surface area contributed by atoms with Crippen molar-refractivity contribution in [2.24, 2.45) is 5.73 Å². The maximum absolute atomic E-state index is 12.5. The van der Waals surface area contributed by atoms with Crippen LogP contribution in [0.3, 0.4) is 0 Å². The van der Waals surface area contributed by atoms with Gasteiger partial charge in [0.25, 0.3) is 0 Å². The number of benzene rings is 2. The molecule has 2 aromatic carbocycles. The summed E-state index contributed by atoms with van der Waals surface area (Å²) in [5.74, 6) is 0.434. The molecule has 1 aromatic heterocycles. The van der Waals surface area contributed by atoms with Gasteiger partial charge in [-0.1, -0.05) is 41.1 Å². The van der Waals surface area contributed by atoms with Crippen molar-refractivity contribution >= 4 is 50.2 Å². The molecule has 3 rings (SSSR count). The standard InChI is InChI=1S/C19H19ClN4O3S/c1-2-27-11-7-8-14-16(9-11)28-19(23-14)24-17(25)10-15(22-18(21)26)12-5-3-4-6-13(12)20/h3-9,15H,2,10H2,1H3,(H3,21,22,26)(H,23,24,25)/t15-/m1/s1. The van der Waals surface area contributed by atoms with Crippen LogP contribution in [0.15, 0.2) is 42.5 Å². The lowest BCUT2D eigenvalue weighted by atomic mass is 10.0. The van der Waals surface area contributed by atoms with Crippen LogP contribution >= 0.6 is 22.9 Å². The highest BCUT2D eigenvalue weighted by molar-refractivity contribution is 7.22. The number of nitrogens with zero attached hydrogens (tertiary/aromatic N) is 1. The third kappa shape index (κ3) is 4.90. The molecule has 0 radical (unpaired) electrons. The van der Waals surface area contributed by atoms with Crippen molar-refractivity contribution in [1.82, 2.24) is 10.3 Å². The number of hydrogen-bond donors (Lipinski definition) is 3. The van der Waals surface area contributed by atoms with Crippen LogP contribution in [0, 0.1) is 0 Å². The van der Waals surface area contributed by atoms with Crippen molar-refractivity contribution in [1.29, 1.82) is 0 Å². The molecule has 0 saturated carbocycles. The summed E-state index contributed by atoms with van der Waals surface area (Å²) in [6.45, 7) is 2.49. The number of halogens is 1. The van der Waals surface area contributed by atoms with E-state index in [1.807, 2.05) is 25.1 Å². The average molecular weight is 419 g/mol. The Morgan fingerprint density at radius 2 is 2.07 bits per heavy atom. The zero-order valence-electron chi connectivity index (χ0n) is 15.1. The van der Waals surface area contributed by atoms with Crippen molar-refractivity contribution in [3.05, 3.63) is 53.1 Å². The summed E-state index contributed by atoms with van der Waals surface area (Å²) in [4.78, 5) is 28.3. The van der Waals surface area contributed by atoms with Crippen molar-refractivity contribution in [3.63, 3.8) is 0 Å². The lowest BCUT2D eigenvalue weighted by Crippen LogP contribution is -2.35. The van der Waals surface area contributed by atoms with Crippen molar-refractivity contribution in [2.75, 3.05) is 11.9 Å². The summed E-state index contributed by atoms with van der Waals surface area (Å²) in [6, 6.07) is 11.1. The topological polar surface area (TPSA) is 106 Å². The zero-order chi connectivity index (χ0) is 20.1. The monoisotopic (exact) mass is 418 g/mol. The Bertz CT molecular complexity index is 1010. The average Bonchev–Trinajstić information content (AvgIpc) is 3.02. The first kappa shape index (κ1) is 19.9. The Kier molecular flexibility index (Phi) is 6.33. The Hall–Kier alpha value is -2.84. The fourth-order valence-corrected chi connectivity index (χ4v) is 3.92. The molecule has 4 N–H and O–H groups in total. The van der Waals surface area contributed by atoms with E-state index in [0.717, 1.165) is 16.0 Å². The minimum absolute atomic E-state index is 0.0349. The summed E-state index contributed by atoms with van der Waals surface area (Å²) in [6.07, 6.45) is -0.0349. The number of aromatic nitrogens is 1. The molecule has 9 heteroatoms. The lowest BCUT2D eigenvalue weighted by Gasteiger charge is -2.18. The van der Waals surface area contributed by atoms with Crippen molar-refractivity contribution in [3.8, 4) is 5.75 Å². The van der Waals surface area contributed by atoms with E-state index in [1.54, 1.807) is 24.3 Å². The number of fused-ring (bicyclic) bond motifs is 1. The maximum Gasteiger partial charge on any atom is 0.312 e. The number of ether oxygens (including phenoxy) is 1. The summed E-state index contributed by atoms with van der Waals surface area (Å²) in [5.41, 5.74) is 6.63. The van der Waals surface area contributed by atoms with Gasteiger partial charge in [0.05, 0.1) is 29.3 Å². The molecule has 28 heavy (non-hydrogen) atoms. The number of amides is 3. The van der Waals surface area contributed by atoms with Crippen LogP contribution in [-0.4, -0.2) is 23.5 Å². The normalized spacial score (nSPS) is 11.8. The van der Waals surface area contributed by atoms with Crippen LogP contribution in [0.2, 0.25) is 5.02 Å². The van der Waals surface area contributed by atoms with Gasteiger partial charge in [-0.05, 0) is 36.8 Å². The second-order valence-electron chi connectivity index (χ2n) is 5.92. The van der Waals surface area contributed by atoms with E-state index < -0.39 is 12.1 Å². The second-order valence-corrected chi connectivity index (χ2v) is 7.35. The number of primary amides is 1. The molecule has 1 heterocycles. The van der Waals surface area contributed by atoms with Gasteiger partial charge in [0.1, 0.15) is 5.75 Å². The number of hydrogen-bond acceptors (Lipinski definition) is 5. The highest BCUT2D eigenvalue weighted by atomic mass is 35.5. The quantitative estimate of drug-likeness (QED) is 0.537. The number of urea groups is 1. The predicted molar refractivity (Wildman–Crippen MR) is 111 cm³/mol. The van der Waals surface area contributed by atoms with Gasteiger partial charge in [0.15, 0.2) is 5.13 Å². The fraction of sp³-hybridized carbons (Fsp3) is 0.211. The number of anilines is 1. The number of nitrogens with one attached hydrogen (secondary N) is 2. The van der Waals surface area contributed by atoms with Gasteiger partial charge in [0, 0.05) is 5.02 Å². The van der Waals surface area contributed by atoms with E-state index in [4.69, 9.17) is 22.1 Å². The van der Waals surface area contributed by atoms with Crippen LogP contribution in [0.5, 0.6) is 5.75 Å². The first-order valence-electron chi connectivity index (χ1n) is 8.60. The Balaban J connectivity index is 1.74. The van der Waals surface area contributed by atoms with Gasteiger partial charge in [0.2, 0.25) is 5.91 Å². The summed E-state index contributed by atoms with van der Waals surface area (Å²) in [7, 11) is 0. The predicted octanol–water partition coefficient (Wildman–Crippen LogP) is 4.09. The third-order valence-corrected chi connectivity index (χ3v) is 5.18. The zero-order valence-corrected chi connectivity index (χ0v) is 16.6. The second kappa shape index (κ2) is 8.90. The van der Waals surface area contributed by atoms with E-state index in [-0.39, 0.29) is 12.3 Å². The molecule has 0 aliphatic rings. The molecule has 0 unspecified atom stereocenters. The van der Waals surface area contributed by atoms with Gasteiger partial charge in [-0.25, -0.2) is 9.78 Å². The first-order chi connectivity index (χ1) is 13.5. The Labute approximate surface area is 170 Å². The van der Waals surface area contributed by atoms with Crippen LogP contribution in [-0.2, 0) is 4.79 Å². The van der Waals surface area contributed by atoms with E-state index in [0.29, 0.717) is 22.3 Å². The van der Waals surface area contributed by atoms with E-state index in [1.165, 1.54) is 11.3 Å². The van der Waals surface area contributed by atoms with Crippen molar-refractivity contribution in [2.45, 2.75) is 19.4 Å². The number of rotatable bonds is 7. The smallest absolute Gasteiger partial charge is 0.312 e. The SMILES string of the molecule is CCOc1ccc2nc(NC(=O)C[C@@H](NC(N)=O)c3ccccc3Cl)sc2c1. The van der Waals surface area contributed by atoms with E-state index in [9.17, 15) is 9.59 Å². The van der Waals surface area contributed by atoms with Crippen LogP contribution in [0.1, 0.15) is 24.9 Å². The number of carbonyl (C=O) groups is 2. The molecule has 3 amide bonds. The van der Waals surface area contributed by atoms with Gasteiger partial charge < -0.3 is 21.1 Å². The molecule has 0 spiro atoms. The molecule has 0 bridgehead atoms. The van der Waals surface area contributed by atoms with E-state index >= 15 is 0 Å². The molecule has 3 aromatic rings. The number of thiazole rings is 1. The Morgan fingerprint density at radius 1 is 1.29 bits per heavy atom. The molecule has 0 aliphatic heterocycles. The molecule has 7 nitrogen and oxygen atoms in total. The number of nitrogens with two attached hydrogens (primary N) is 1. The highest BCUT2D eigenvalue weighted by Gasteiger charge is 2.20. The van der Waals surface area contributed by atoms with Crippen LogP contribution in [0.25, 0.3) is 10.2 Å². The highest BCUT2D eigenvalue weighted by Crippen LogP contribution is 2.30. The minimum Gasteiger partial charge on any atom is -0.494 e. The molecule has 1 atom stereocenters. The first-order valence-corrected chi connectivity index (χ1v) is 9.79. The maximum atomic E-state index is 12.5. The van der Waals surface area contributed by atoms with Crippen molar-refractivity contribution < 1.29 is 14.3 Å². The largest absolute Gasteiger partial charge is 0.494 e. The molecule has 0 aliphatic carbocycles. The third-order valence-electron chi connectivity index (χ3n) is 3.90. The fourth-order valence-electron chi connectivity index (χ4n) is 2.74. The van der Waals surface area contributed by atoms with Gasteiger partial charge in [-0.15, -0.1) is 0 Å². The van der Waals surface area contributed by atoms with Gasteiger partial charge in [-0.2, -0.15) is 0 Å². The van der Waals surface area contributed by atoms with E-state index in [2.05, 4.69) is 15.6 Å². The van der Waals surface area contributed by atoms with Gasteiger partial charge >= 0.3 is 6.03 Å². The molecular weight excluding hydrogens is 400 g/mol. The summed E-state index contributed by atoms with van der Waals surface area (Å²) in [5, 5.41) is 6.24. The van der Waals surface area contributed by atoms with Gasteiger partial charge in [-0.3, -0.25) is 4.79 Å². The molecule has 0 saturated heterocycles. The Morgan fingerprint density at radius 3 is 2.79 bits per heavy atom. The summed E-state index contributed by atoms with van der Waals surface area (Å²) >= 11 is 7.54. The lowest BCUT2D eigenvalue weighted by molar-refractivity contribution is -0.116. The molecule has 146 valence electrons. The molecular formula is C19H19ClN4O3S. The molecule has 0 fully saturated rings. The summed E-state index contributed by atoms with van der Waals surface area (Å²) < 4.78 is 6.38. The minimum atomic E-state index is -0.735. The van der Waals surface area contributed by atoms with Crippen LogP contribution < -0.4 is 21.1 Å².